The molecule has 1 aromatic carbocycles. The molecule has 1 heterocycles. The van der Waals surface area contributed by atoms with Crippen LogP contribution in [0.4, 0.5) is 4.39 Å². The number of rotatable bonds is 6. The maximum absolute atomic E-state index is 13.5. The second-order valence-electron chi connectivity index (χ2n) is 4.77. The van der Waals surface area contributed by atoms with Crippen molar-refractivity contribution in [1.82, 2.24) is 10.3 Å². The first kappa shape index (κ1) is 13.7. The van der Waals surface area contributed by atoms with Gasteiger partial charge in [-0.2, -0.15) is 0 Å². The van der Waals surface area contributed by atoms with E-state index in [1.165, 1.54) is 11.6 Å². The zero-order valence-corrected chi connectivity index (χ0v) is 11.1. The van der Waals surface area contributed by atoms with Crippen LogP contribution in [0.25, 0.3) is 0 Å². The summed E-state index contributed by atoms with van der Waals surface area (Å²) in [6.45, 7) is 2.92. The van der Waals surface area contributed by atoms with Crippen LogP contribution in [-0.2, 0) is 13.0 Å². The van der Waals surface area contributed by atoms with Gasteiger partial charge in [0, 0.05) is 25.0 Å². The van der Waals surface area contributed by atoms with Crippen molar-refractivity contribution in [2.24, 2.45) is 0 Å². The smallest absolute Gasteiger partial charge is 0.126 e. The predicted octanol–water partition coefficient (Wildman–Crippen LogP) is 3.33. The number of aryl methyl sites for hydroxylation is 1. The first-order chi connectivity index (χ1) is 9.25. The molecular weight excluding hydrogens is 239 g/mol. The highest BCUT2D eigenvalue weighted by atomic mass is 19.1. The molecule has 2 rings (SSSR count). The second kappa shape index (κ2) is 7.00. The molecule has 0 aliphatic rings. The largest absolute Gasteiger partial charge is 0.310 e. The average Bonchev–Trinajstić information content (AvgIpc) is 2.45. The van der Waals surface area contributed by atoms with Gasteiger partial charge < -0.3 is 5.32 Å². The standard InChI is InChI=1S/C16H19FN2/c1-13(19-12-14-5-4-10-18-11-14)8-9-15-6-2-3-7-16(15)17/h2-7,10-11,13,19H,8-9,12H2,1H3/t13-/m1/s1. The summed E-state index contributed by atoms with van der Waals surface area (Å²) in [5, 5.41) is 3.43. The molecule has 1 atom stereocenters. The summed E-state index contributed by atoms with van der Waals surface area (Å²) in [5.74, 6) is -0.109. The van der Waals surface area contributed by atoms with Crippen LogP contribution in [0.1, 0.15) is 24.5 Å². The molecule has 100 valence electrons. The molecule has 0 radical (unpaired) electrons. The van der Waals surface area contributed by atoms with Crippen molar-refractivity contribution in [2.75, 3.05) is 0 Å². The van der Waals surface area contributed by atoms with Crippen molar-refractivity contribution in [3.8, 4) is 0 Å². The molecule has 0 saturated heterocycles. The molecule has 19 heavy (non-hydrogen) atoms. The Labute approximate surface area is 113 Å². The Balaban J connectivity index is 1.76. The number of benzene rings is 1. The van der Waals surface area contributed by atoms with Gasteiger partial charge in [-0.15, -0.1) is 0 Å². The van der Waals surface area contributed by atoms with Gasteiger partial charge >= 0.3 is 0 Å². The minimum Gasteiger partial charge on any atom is -0.310 e. The van der Waals surface area contributed by atoms with Crippen LogP contribution < -0.4 is 5.32 Å². The van der Waals surface area contributed by atoms with E-state index in [9.17, 15) is 4.39 Å². The molecule has 1 N–H and O–H groups in total. The van der Waals surface area contributed by atoms with E-state index in [0.717, 1.165) is 24.9 Å². The van der Waals surface area contributed by atoms with Crippen molar-refractivity contribution < 1.29 is 4.39 Å². The van der Waals surface area contributed by atoms with E-state index in [1.807, 2.05) is 30.5 Å². The number of halogens is 1. The van der Waals surface area contributed by atoms with E-state index in [4.69, 9.17) is 0 Å². The number of aromatic nitrogens is 1. The predicted molar refractivity (Wildman–Crippen MR) is 75.3 cm³/mol. The van der Waals surface area contributed by atoms with Crippen molar-refractivity contribution in [3.05, 3.63) is 65.7 Å². The van der Waals surface area contributed by atoms with Crippen LogP contribution in [0, 0.1) is 5.82 Å². The highest BCUT2D eigenvalue weighted by Crippen LogP contribution is 2.10. The number of nitrogens with one attached hydrogen (secondary N) is 1. The number of hydrogen-bond donors (Lipinski definition) is 1. The summed E-state index contributed by atoms with van der Waals surface area (Å²) in [4.78, 5) is 4.08. The van der Waals surface area contributed by atoms with Crippen LogP contribution in [0.5, 0.6) is 0 Å². The van der Waals surface area contributed by atoms with Crippen molar-refractivity contribution in [3.63, 3.8) is 0 Å². The third-order valence-electron chi connectivity index (χ3n) is 3.18. The molecule has 0 aliphatic heterocycles. The van der Waals surface area contributed by atoms with E-state index in [2.05, 4.69) is 17.2 Å². The van der Waals surface area contributed by atoms with Crippen molar-refractivity contribution in [1.29, 1.82) is 0 Å². The summed E-state index contributed by atoms with van der Waals surface area (Å²) in [6, 6.07) is 11.3. The quantitative estimate of drug-likeness (QED) is 0.859. The number of pyridine rings is 1. The number of nitrogens with zero attached hydrogens (tertiary/aromatic N) is 1. The van der Waals surface area contributed by atoms with E-state index in [-0.39, 0.29) is 5.82 Å². The highest BCUT2D eigenvalue weighted by molar-refractivity contribution is 5.17. The number of hydrogen-bond acceptors (Lipinski definition) is 2. The Kier molecular flexibility index (Phi) is 5.04. The normalized spacial score (nSPS) is 12.3. The molecule has 2 nitrogen and oxygen atoms in total. The SMILES string of the molecule is C[C@H](CCc1ccccc1F)NCc1cccnc1. The molecule has 0 bridgehead atoms. The Morgan fingerprint density at radius 2 is 2.05 bits per heavy atom. The van der Waals surface area contributed by atoms with Gasteiger partial charge in [0.25, 0.3) is 0 Å². The molecule has 0 saturated carbocycles. The van der Waals surface area contributed by atoms with Gasteiger partial charge in [0.15, 0.2) is 0 Å². The van der Waals surface area contributed by atoms with E-state index >= 15 is 0 Å². The molecule has 0 unspecified atom stereocenters. The van der Waals surface area contributed by atoms with Crippen molar-refractivity contribution in [2.45, 2.75) is 32.4 Å². The summed E-state index contributed by atoms with van der Waals surface area (Å²) in [7, 11) is 0. The first-order valence-corrected chi connectivity index (χ1v) is 6.61. The minimum absolute atomic E-state index is 0.109. The zero-order chi connectivity index (χ0) is 13.5. The Morgan fingerprint density at radius 3 is 2.79 bits per heavy atom. The van der Waals surface area contributed by atoms with Crippen LogP contribution in [-0.4, -0.2) is 11.0 Å². The van der Waals surface area contributed by atoms with Gasteiger partial charge in [-0.1, -0.05) is 24.3 Å². The minimum atomic E-state index is -0.109. The Morgan fingerprint density at radius 1 is 1.21 bits per heavy atom. The molecular formula is C16H19FN2. The van der Waals surface area contributed by atoms with Crippen LogP contribution in [0.3, 0.4) is 0 Å². The molecule has 0 spiro atoms. The fourth-order valence-electron chi connectivity index (χ4n) is 1.97. The fraction of sp³-hybridized carbons (Fsp3) is 0.312. The van der Waals surface area contributed by atoms with Gasteiger partial charge in [0.05, 0.1) is 0 Å². The summed E-state index contributed by atoms with van der Waals surface area (Å²) >= 11 is 0. The molecule has 2 aromatic rings. The summed E-state index contributed by atoms with van der Waals surface area (Å²) in [6.07, 6.45) is 5.30. The molecule has 3 heteroatoms. The zero-order valence-electron chi connectivity index (χ0n) is 11.1. The monoisotopic (exact) mass is 258 g/mol. The first-order valence-electron chi connectivity index (χ1n) is 6.61. The maximum atomic E-state index is 13.5. The Hall–Kier alpha value is -1.74. The van der Waals surface area contributed by atoms with Crippen LogP contribution in [0.15, 0.2) is 48.8 Å². The fourth-order valence-corrected chi connectivity index (χ4v) is 1.97. The van der Waals surface area contributed by atoms with Gasteiger partial charge in [-0.3, -0.25) is 4.98 Å². The lowest BCUT2D eigenvalue weighted by Gasteiger charge is -2.13. The average molecular weight is 258 g/mol. The lowest BCUT2D eigenvalue weighted by molar-refractivity contribution is 0.506. The lowest BCUT2D eigenvalue weighted by Crippen LogP contribution is -2.26. The molecule has 0 amide bonds. The molecule has 0 aliphatic carbocycles. The second-order valence-corrected chi connectivity index (χ2v) is 4.77. The van der Waals surface area contributed by atoms with Gasteiger partial charge in [0.2, 0.25) is 0 Å². The van der Waals surface area contributed by atoms with Gasteiger partial charge in [-0.25, -0.2) is 4.39 Å². The molecule has 0 fully saturated rings. The van der Waals surface area contributed by atoms with Crippen LogP contribution in [0.2, 0.25) is 0 Å². The maximum Gasteiger partial charge on any atom is 0.126 e. The van der Waals surface area contributed by atoms with Crippen molar-refractivity contribution >= 4 is 0 Å². The van der Waals surface area contributed by atoms with E-state index in [0.29, 0.717) is 6.04 Å². The molecule has 1 aromatic heterocycles. The van der Waals surface area contributed by atoms with Gasteiger partial charge in [-0.05, 0) is 43.0 Å². The topological polar surface area (TPSA) is 24.9 Å². The Bertz CT molecular complexity index is 499. The highest BCUT2D eigenvalue weighted by Gasteiger charge is 2.05. The summed E-state index contributed by atoms with van der Waals surface area (Å²) in [5.41, 5.74) is 1.96. The van der Waals surface area contributed by atoms with E-state index in [1.54, 1.807) is 12.3 Å². The lowest BCUT2D eigenvalue weighted by atomic mass is 10.1. The third-order valence-corrected chi connectivity index (χ3v) is 3.18. The third kappa shape index (κ3) is 4.45. The van der Waals surface area contributed by atoms with Gasteiger partial charge in [0.1, 0.15) is 5.82 Å². The summed E-state index contributed by atoms with van der Waals surface area (Å²) < 4.78 is 13.5. The van der Waals surface area contributed by atoms with Crippen LogP contribution >= 0.6 is 0 Å². The van der Waals surface area contributed by atoms with E-state index < -0.39 is 0 Å².